The molecule has 4 aromatic rings. The van der Waals surface area contributed by atoms with E-state index in [1.165, 1.54) is 6.21 Å². The molecule has 0 saturated carbocycles. The molecule has 0 spiro atoms. The van der Waals surface area contributed by atoms with E-state index in [0.717, 1.165) is 5.39 Å². The summed E-state index contributed by atoms with van der Waals surface area (Å²) in [6, 6.07) is 17.6. The first kappa shape index (κ1) is 17.4. The van der Waals surface area contributed by atoms with E-state index in [9.17, 15) is 4.79 Å². The molecular weight excluding hydrogens is 387 g/mol. The molecule has 27 heavy (non-hydrogen) atoms. The second-order valence-electron chi connectivity index (χ2n) is 5.67. The molecule has 0 unspecified atom stereocenters. The average Bonchev–Trinajstić information content (AvgIpc) is 3.30. The van der Waals surface area contributed by atoms with E-state index in [-0.39, 0.29) is 5.76 Å². The molecule has 0 aliphatic carbocycles. The minimum atomic E-state index is -0.452. The first-order valence-electron chi connectivity index (χ1n) is 7.97. The molecule has 0 fully saturated rings. The van der Waals surface area contributed by atoms with Crippen molar-refractivity contribution in [1.29, 1.82) is 0 Å². The maximum absolute atomic E-state index is 12.1. The van der Waals surface area contributed by atoms with Gasteiger partial charge in [-0.05, 0) is 42.5 Å². The Hall–Kier alpha value is -3.02. The summed E-state index contributed by atoms with van der Waals surface area (Å²) in [4.78, 5) is 12.1. The van der Waals surface area contributed by atoms with Crippen molar-refractivity contribution in [3.05, 3.63) is 82.2 Å². The summed E-state index contributed by atoms with van der Waals surface area (Å²) in [6.07, 6.45) is 1.39. The second kappa shape index (κ2) is 7.31. The number of hydrogen-bond donors (Lipinski definition) is 1. The number of nitrogens with zero attached hydrogens (tertiary/aromatic N) is 1. The number of hydrazone groups is 1. The number of nitrogens with one attached hydrogen (secondary N) is 1. The molecule has 2 aromatic heterocycles. The quantitative estimate of drug-likeness (QED) is 0.350. The van der Waals surface area contributed by atoms with Crippen LogP contribution in [0.25, 0.3) is 22.3 Å². The molecule has 7 heteroatoms. The normalized spacial score (nSPS) is 11.3. The van der Waals surface area contributed by atoms with Crippen molar-refractivity contribution in [3.63, 3.8) is 0 Å². The van der Waals surface area contributed by atoms with Gasteiger partial charge in [0.1, 0.15) is 17.1 Å². The Balaban J connectivity index is 1.46. The van der Waals surface area contributed by atoms with Crippen LogP contribution in [0.3, 0.4) is 0 Å². The maximum Gasteiger partial charge on any atom is 0.307 e. The van der Waals surface area contributed by atoms with E-state index in [2.05, 4.69) is 10.5 Å². The Morgan fingerprint density at radius 1 is 1.00 bits per heavy atom. The van der Waals surface area contributed by atoms with Crippen LogP contribution in [0.15, 0.2) is 74.6 Å². The number of benzene rings is 2. The first-order chi connectivity index (χ1) is 13.1. The van der Waals surface area contributed by atoms with Gasteiger partial charge in [-0.15, -0.1) is 0 Å². The van der Waals surface area contributed by atoms with Gasteiger partial charge in [-0.2, -0.15) is 5.10 Å². The van der Waals surface area contributed by atoms with Crippen molar-refractivity contribution in [2.75, 3.05) is 0 Å². The Morgan fingerprint density at radius 2 is 1.85 bits per heavy atom. The second-order valence-corrected chi connectivity index (χ2v) is 6.52. The molecule has 0 saturated heterocycles. The topological polar surface area (TPSA) is 67.7 Å². The summed E-state index contributed by atoms with van der Waals surface area (Å²) in [6.45, 7) is 0. The van der Waals surface area contributed by atoms with Gasteiger partial charge in [0, 0.05) is 16.0 Å². The van der Waals surface area contributed by atoms with Crippen molar-refractivity contribution in [2.24, 2.45) is 5.10 Å². The number of carbonyl (C=O) groups excluding carboxylic acids is 1. The predicted octanol–water partition coefficient (Wildman–Crippen LogP) is 5.76. The SMILES string of the molecule is O=C(N/N=C\c1ccc(-c2cc(Cl)ccc2Cl)o1)c1cc2ccccc2o1. The Kier molecular flexibility index (Phi) is 4.71. The number of amides is 1. The summed E-state index contributed by atoms with van der Waals surface area (Å²) in [7, 11) is 0. The molecule has 0 bridgehead atoms. The molecule has 0 radical (unpaired) electrons. The number of halogens is 2. The Labute approximate surface area is 164 Å². The first-order valence-corrected chi connectivity index (χ1v) is 8.73. The smallest absolute Gasteiger partial charge is 0.307 e. The predicted molar refractivity (Wildman–Crippen MR) is 105 cm³/mol. The molecule has 1 N–H and O–H groups in total. The molecule has 4 rings (SSSR count). The highest BCUT2D eigenvalue weighted by Gasteiger charge is 2.12. The van der Waals surface area contributed by atoms with Gasteiger partial charge < -0.3 is 8.83 Å². The molecule has 2 aromatic carbocycles. The monoisotopic (exact) mass is 398 g/mol. The summed E-state index contributed by atoms with van der Waals surface area (Å²) < 4.78 is 11.2. The van der Waals surface area contributed by atoms with Gasteiger partial charge in [0.25, 0.3) is 0 Å². The van der Waals surface area contributed by atoms with Gasteiger partial charge in [0.05, 0.1) is 11.2 Å². The van der Waals surface area contributed by atoms with Crippen molar-refractivity contribution < 1.29 is 13.6 Å². The van der Waals surface area contributed by atoms with Crippen LogP contribution >= 0.6 is 23.2 Å². The number of carbonyl (C=O) groups is 1. The Morgan fingerprint density at radius 3 is 2.70 bits per heavy atom. The standard InChI is InChI=1S/C20H12Cl2N2O3/c21-13-5-7-16(22)15(10-13)18-8-6-14(26-18)11-23-24-20(25)19-9-12-3-1-2-4-17(12)27-19/h1-11H,(H,24,25)/b23-11-. The highest BCUT2D eigenvalue weighted by molar-refractivity contribution is 6.35. The zero-order valence-corrected chi connectivity index (χ0v) is 15.3. The number of fused-ring (bicyclic) bond motifs is 1. The summed E-state index contributed by atoms with van der Waals surface area (Å²) in [5, 5.41) is 5.82. The summed E-state index contributed by atoms with van der Waals surface area (Å²) >= 11 is 12.2. The third kappa shape index (κ3) is 3.74. The van der Waals surface area contributed by atoms with Crippen LogP contribution in [0.5, 0.6) is 0 Å². The number of furan rings is 2. The summed E-state index contributed by atoms with van der Waals surface area (Å²) in [5.41, 5.74) is 3.72. The number of rotatable bonds is 4. The van der Waals surface area contributed by atoms with Crippen LogP contribution in [0.2, 0.25) is 10.0 Å². The average molecular weight is 399 g/mol. The van der Waals surface area contributed by atoms with Gasteiger partial charge in [-0.3, -0.25) is 4.79 Å². The van der Waals surface area contributed by atoms with Gasteiger partial charge in [0.2, 0.25) is 0 Å². The van der Waals surface area contributed by atoms with Crippen LogP contribution < -0.4 is 5.43 Å². The lowest BCUT2D eigenvalue weighted by Crippen LogP contribution is -2.16. The molecule has 0 atom stereocenters. The third-order valence-electron chi connectivity index (χ3n) is 3.83. The number of para-hydroxylation sites is 1. The van der Waals surface area contributed by atoms with E-state index in [4.69, 9.17) is 32.0 Å². The highest BCUT2D eigenvalue weighted by Crippen LogP contribution is 2.31. The maximum atomic E-state index is 12.1. The molecule has 5 nitrogen and oxygen atoms in total. The molecule has 1 amide bonds. The molecule has 0 aliphatic rings. The van der Waals surface area contributed by atoms with Gasteiger partial charge >= 0.3 is 5.91 Å². The van der Waals surface area contributed by atoms with Gasteiger partial charge in [0.15, 0.2) is 5.76 Å². The van der Waals surface area contributed by atoms with E-state index in [1.807, 2.05) is 18.2 Å². The van der Waals surface area contributed by atoms with Crippen LogP contribution in [0.1, 0.15) is 16.3 Å². The van der Waals surface area contributed by atoms with Crippen molar-refractivity contribution in [2.45, 2.75) is 0 Å². The highest BCUT2D eigenvalue weighted by atomic mass is 35.5. The van der Waals surface area contributed by atoms with E-state index in [1.54, 1.807) is 42.5 Å². The van der Waals surface area contributed by atoms with Gasteiger partial charge in [-0.1, -0.05) is 41.4 Å². The Bertz CT molecular complexity index is 1130. The third-order valence-corrected chi connectivity index (χ3v) is 4.39. The minimum Gasteiger partial charge on any atom is -0.455 e. The van der Waals surface area contributed by atoms with Crippen LogP contribution in [0.4, 0.5) is 0 Å². The minimum absolute atomic E-state index is 0.180. The fourth-order valence-corrected chi connectivity index (χ4v) is 2.94. The molecular formula is C20H12Cl2N2O3. The van der Waals surface area contributed by atoms with Crippen LogP contribution in [0, 0.1) is 0 Å². The molecule has 2 heterocycles. The molecule has 0 aliphatic heterocycles. The lowest BCUT2D eigenvalue weighted by Gasteiger charge is -2.00. The fraction of sp³-hybridized carbons (Fsp3) is 0. The zero-order valence-electron chi connectivity index (χ0n) is 13.8. The van der Waals surface area contributed by atoms with E-state index in [0.29, 0.717) is 32.7 Å². The van der Waals surface area contributed by atoms with E-state index >= 15 is 0 Å². The number of hydrogen-bond acceptors (Lipinski definition) is 4. The van der Waals surface area contributed by atoms with Crippen molar-refractivity contribution >= 4 is 46.3 Å². The van der Waals surface area contributed by atoms with E-state index < -0.39 is 5.91 Å². The fourth-order valence-electron chi connectivity index (χ4n) is 2.56. The summed E-state index contributed by atoms with van der Waals surface area (Å²) in [5.74, 6) is 0.727. The largest absolute Gasteiger partial charge is 0.455 e. The van der Waals surface area contributed by atoms with Gasteiger partial charge in [-0.25, -0.2) is 5.43 Å². The van der Waals surface area contributed by atoms with Crippen LogP contribution in [-0.2, 0) is 0 Å². The van der Waals surface area contributed by atoms with Crippen molar-refractivity contribution in [3.8, 4) is 11.3 Å². The lowest BCUT2D eigenvalue weighted by atomic mass is 10.2. The zero-order chi connectivity index (χ0) is 18.8. The lowest BCUT2D eigenvalue weighted by molar-refractivity contribution is 0.0929. The van der Waals surface area contributed by atoms with Crippen molar-refractivity contribution in [1.82, 2.24) is 5.43 Å². The molecule has 134 valence electrons. The van der Waals surface area contributed by atoms with Crippen LogP contribution in [-0.4, -0.2) is 12.1 Å².